The third-order valence-corrected chi connectivity index (χ3v) is 6.46. The van der Waals surface area contributed by atoms with Crippen molar-refractivity contribution in [3.05, 3.63) is 24.3 Å². The van der Waals surface area contributed by atoms with Crippen molar-refractivity contribution < 1.29 is 8.42 Å². The number of sulfone groups is 1. The lowest BCUT2D eigenvalue weighted by atomic mass is 9.99. The maximum Gasteiger partial charge on any atom is 0.178 e. The van der Waals surface area contributed by atoms with Crippen LogP contribution in [-0.4, -0.2) is 32.1 Å². The van der Waals surface area contributed by atoms with E-state index < -0.39 is 9.84 Å². The molecule has 1 aliphatic rings. The molecule has 1 aromatic carbocycles. The van der Waals surface area contributed by atoms with Gasteiger partial charge in [-0.05, 0) is 56.4 Å². The van der Waals surface area contributed by atoms with Crippen molar-refractivity contribution in [1.82, 2.24) is 0 Å². The predicted molar refractivity (Wildman–Crippen MR) is 92.2 cm³/mol. The van der Waals surface area contributed by atoms with Crippen LogP contribution in [0.2, 0.25) is 0 Å². The molecule has 2 rings (SSSR count). The lowest BCUT2D eigenvalue weighted by molar-refractivity contribution is 0.452. The normalized spacial score (nSPS) is 19.7. The lowest BCUT2D eigenvalue weighted by Gasteiger charge is -2.37. The molecule has 21 heavy (non-hydrogen) atoms. The topological polar surface area (TPSA) is 37.4 Å². The number of hydrogen-bond donors (Lipinski definition) is 0. The molecule has 3 nitrogen and oxygen atoms in total. The van der Waals surface area contributed by atoms with E-state index in [1.807, 2.05) is 19.1 Å². The average Bonchev–Trinajstić information content (AvgIpc) is 2.48. The maximum atomic E-state index is 12.1. The zero-order valence-electron chi connectivity index (χ0n) is 12.6. The zero-order chi connectivity index (χ0) is 15.3. The fourth-order valence-corrected chi connectivity index (χ4v) is 4.85. The highest BCUT2D eigenvalue weighted by Crippen LogP contribution is 2.28. The zero-order valence-corrected chi connectivity index (χ0v) is 15.0. The Morgan fingerprint density at radius 1 is 1.24 bits per heavy atom. The largest absolute Gasteiger partial charge is 0.369 e. The van der Waals surface area contributed by atoms with E-state index in [9.17, 15) is 8.42 Å². The van der Waals surface area contributed by atoms with Gasteiger partial charge in [0.1, 0.15) is 0 Å². The Labute approximate surface area is 136 Å². The van der Waals surface area contributed by atoms with Gasteiger partial charge in [-0.2, -0.15) is 0 Å². The van der Waals surface area contributed by atoms with Gasteiger partial charge in [-0.3, -0.25) is 0 Å². The van der Waals surface area contributed by atoms with E-state index in [0.29, 0.717) is 17.4 Å². The molecule has 5 heteroatoms. The quantitative estimate of drug-likeness (QED) is 0.706. The Hall–Kier alpha value is -0.550. The van der Waals surface area contributed by atoms with Gasteiger partial charge in [-0.25, -0.2) is 8.42 Å². The van der Waals surface area contributed by atoms with Gasteiger partial charge in [-0.1, -0.05) is 22.9 Å². The molecule has 1 unspecified atom stereocenters. The summed E-state index contributed by atoms with van der Waals surface area (Å²) in [4.78, 5) is 2.88. The highest BCUT2D eigenvalue weighted by molar-refractivity contribution is 9.09. The van der Waals surface area contributed by atoms with Crippen LogP contribution in [0, 0.1) is 0 Å². The Morgan fingerprint density at radius 3 is 2.57 bits per heavy atom. The number of alkyl halides is 1. The fourth-order valence-electron chi connectivity index (χ4n) is 3.00. The van der Waals surface area contributed by atoms with Crippen molar-refractivity contribution in [3.63, 3.8) is 0 Å². The minimum Gasteiger partial charge on any atom is -0.369 e. The van der Waals surface area contributed by atoms with E-state index in [0.717, 1.165) is 24.0 Å². The standard InChI is InChI=1S/C16H24BrNO2S/c1-2-13-21(19,20)16-8-6-15(7-9-16)18-12-4-3-5-14(18)10-11-17/h6-9,14H,2-5,10-13H2,1H3. The van der Waals surface area contributed by atoms with E-state index in [-0.39, 0.29) is 5.75 Å². The summed E-state index contributed by atoms with van der Waals surface area (Å²) in [5, 5.41) is 1.01. The first-order valence-corrected chi connectivity index (χ1v) is 10.5. The van der Waals surface area contributed by atoms with Crippen LogP contribution in [-0.2, 0) is 9.84 Å². The predicted octanol–water partition coefficient (Wildman–Crippen LogP) is 4.01. The molecule has 0 bridgehead atoms. The summed E-state index contributed by atoms with van der Waals surface area (Å²) in [5.41, 5.74) is 1.15. The molecule has 0 amide bonds. The van der Waals surface area contributed by atoms with E-state index in [1.54, 1.807) is 12.1 Å². The van der Waals surface area contributed by atoms with Gasteiger partial charge in [0.05, 0.1) is 10.6 Å². The fraction of sp³-hybridized carbons (Fsp3) is 0.625. The summed E-state index contributed by atoms with van der Waals surface area (Å²) >= 11 is 3.53. The SMILES string of the molecule is CCCS(=O)(=O)c1ccc(N2CCCCC2CCBr)cc1. The third-order valence-electron chi connectivity index (χ3n) is 4.07. The smallest absolute Gasteiger partial charge is 0.178 e. The molecular weight excluding hydrogens is 350 g/mol. The minimum absolute atomic E-state index is 0.224. The Balaban J connectivity index is 2.17. The Kier molecular flexibility index (Phi) is 6.11. The second-order valence-corrected chi connectivity index (χ2v) is 8.54. The number of halogens is 1. The lowest BCUT2D eigenvalue weighted by Crippen LogP contribution is -2.39. The number of rotatable bonds is 6. The van der Waals surface area contributed by atoms with Crippen LogP contribution in [0.15, 0.2) is 29.2 Å². The molecule has 118 valence electrons. The Morgan fingerprint density at radius 2 is 1.95 bits per heavy atom. The van der Waals surface area contributed by atoms with Gasteiger partial charge >= 0.3 is 0 Å². The van der Waals surface area contributed by atoms with Gasteiger partial charge in [0, 0.05) is 23.6 Å². The van der Waals surface area contributed by atoms with E-state index in [2.05, 4.69) is 20.8 Å². The van der Waals surface area contributed by atoms with Crippen LogP contribution in [0.25, 0.3) is 0 Å². The van der Waals surface area contributed by atoms with Gasteiger partial charge in [0.25, 0.3) is 0 Å². The molecule has 0 aliphatic carbocycles. The molecule has 1 atom stereocenters. The van der Waals surface area contributed by atoms with Crippen LogP contribution in [0.3, 0.4) is 0 Å². The Bertz CT molecular complexity index is 540. The first-order chi connectivity index (χ1) is 10.1. The van der Waals surface area contributed by atoms with Crippen LogP contribution >= 0.6 is 15.9 Å². The van der Waals surface area contributed by atoms with Crippen molar-refractivity contribution in [3.8, 4) is 0 Å². The molecular formula is C16H24BrNO2S. The summed E-state index contributed by atoms with van der Waals surface area (Å²) in [5.74, 6) is 0.224. The summed E-state index contributed by atoms with van der Waals surface area (Å²) in [6.07, 6.45) is 5.52. The van der Waals surface area contributed by atoms with E-state index in [1.165, 1.54) is 19.3 Å². The molecule has 1 saturated heterocycles. The van der Waals surface area contributed by atoms with E-state index in [4.69, 9.17) is 0 Å². The van der Waals surface area contributed by atoms with Crippen LogP contribution in [0.1, 0.15) is 39.0 Å². The van der Waals surface area contributed by atoms with Crippen molar-refractivity contribution in [2.45, 2.75) is 50.0 Å². The molecule has 0 aromatic heterocycles. The van der Waals surface area contributed by atoms with Crippen LogP contribution < -0.4 is 4.90 Å². The molecule has 1 heterocycles. The summed E-state index contributed by atoms with van der Waals surface area (Å²) < 4.78 is 24.1. The molecule has 1 fully saturated rings. The van der Waals surface area contributed by atoms with Crippen molar-refractivity contribution >= 4 is 31.5 Å². The second kappa shape index (κ2) is 7.63. The maximum absolute atomic E-state index is 12.1. The van der Waals surface area contributed by atoms with E-state index >= 15 is 0 Å². The highest BCUT2D eigenvalue weighted by Gasteiger charge is 2.22. The number of benzene rings is 1. The number of hydrogen-bond acceptors (Lipinski definition) is 3. The molecule has 1 aliphatic heterocycles. The van der Waals surface area contributed by atoms with Crippen LogP contribution in [0.4, 0.5) is 5.69 Å². The molecule has 0 N–H and O–H groups in total. The molecule has 1 aromatic rings. The number of piperidine rings is 1. The second-order valence-electron chi connectivity index (χ2n) is 5.63. The van der Waals surface area contributed by atoms with Gasteiger partial charge in [-0.15, -0.1) is 0 Å². The molecule has 0 spiro atoms. The first-order valence-electron chi connectivity index (χ1n) is 7.74. The minimum atomic E-state index is -3.11. The third kappa shape index (κ3) is 4.22. The number of anilines is 1. The van der Waals surface area contributed by atoms with Gasteiger partial charge in [0.2, 0.25) is 0 Å². The van der Waals surface area contributed by atoms with Crippen LogP contribution in [0.5, 0.6) is 0 Å². The number of nitrogens with zero attached hydrogens (tertiary/aromatic N) is 1. The molecule has 0 radical (unpaired) electrons. The first kappa shape index (κ1) is 16.8. The summed E-state index contributed by atoms with van der Waals surface area (Å²) in [7, 11) is -3.11. The van der Waals surface area contributed by atoms with Gasteiger partial charge in [0.15, 0.2) is 9.84 Å². The van der Waals surface area contributed by atoms with Crippen molar-refractivity contribution in [2.75, 3.05) is 22.5 Å². The summed E-state index contributed by atoms with van der Waals surface area (Å²) in [6.45, 7) is 2.96. The van der Waals surface area contributed by atoms with Crippen molar-refractivity contribution in [1.29, 1.82) is 0 Å². The monoisotopic (exact) mass is 373 g/mol. The van der Waals surface area contributed by atoms with Crippen molar-refractivity contribution in [2.24, 2.45) is 0 Å². The molecule has 0 saturated carbocycles. The highest BCUT2D eigenvalue weighted by atomic mass is 79.9. The van der Waals surface area contributed by atoms with Gasteiger partial charge < -0.3 is 4.90 Å². The average molecular weight is 374 g/mol. The summed E-state index contributed by atoms with van der Waals surface area (Å²) in [6, 6.07) is 8.03.